The summed E-state index contributed by atoms with van der Waals surface area (Å²) in [5.41, 5.74) is 1.87. The molecule has 0 aromatic heterocycles. The molecule has 0 saturated carbocycles. The maximum atomic E-state index is 13.5. The van der Waals surface area contributed by atoms with Gasteiger partial charge in [-0.05, 0) is 37.6 Å². The Morgan fingerprint density at radius 1 is 1.35 bits per heavy atom. The van der Waals surface area contributed by atoms with Gasteiger partial charge in [0, 0.05) is 5.56 Å². The van der Waals surface area contributed by atoms with Crippen molar-refractivity contribution in [2.45, 2.75) is 45.8 Å². The van der Waals surface area contributed by atoms with E-state index in [9.17, 15) is 4.39 Å². The van der Waals surface area contributed by atoms with Crippen molar-refractivity contribution in [2.24, 2.45) is 0 Å². The number of nitrogens with one attached hydrogen (secondary N) is 1. The number of benzene rings is 1. The fourth-order valence-electron chi connectivity index (χ4n) is 2.54. The van der Waals surface area contributed by atoms with Crippen LogP contribution in [-0.4, -0.2) is 12.6 Å². The lowest BCUT2D eigenvalue weighted by Gasteiger charge is -2.19. The van der Waals surface area contributed by atoms with E-state index in [2.05, 4.69) is 19.2 Å². The van der Waals surface area contributed by atoms with Gasteiger partial charge in [-0.2, -0.15) is 0 Å². The highest BCUT2D eigenvalue weighted by Gasteiger charge is 2.34. The standard InChI is InChI=1S/C14H20FNO/c1-4-6-12-13(16-5-2)11-8-10(15)7-9(3)14(11)17-12/h7-8,12-13,16H,4-6H2,1-3H3. The molecule has 0 aliphatic carbocycles. The van der Waals surface area contributed by atoms with Gasteiger partial charge >= 0.3 is 0 Å². The summed E-state index contributed by atoms with van der Waals surface area (Å²) < 4.78 is 19.4. The highest BCUT2D eigenvalue weighted by atomic mass is 19.1. The summed E-state index contributed by atoms with van der Waals surface area (Å²) in [5, 5.41) is 3.40. The average Bonchev–Trinajstić information content (AvgIpc) is 2.59. The summed E-state index contributed by atoms with van der Waals surface area (Å²) in [6.45, 7) is 6.97. The van der Waals surface area contributed by atoms with Crippen LogP contribution >= 0.6 is 0 Å². The van der Waals surface area contributed by atoms with Crippen molar-refractivity contribution in [3.8, 4) is 5.75 Å². The summed E-state index contributed by atoms with van der Waals surface area (Å²) in [7, 11) is 0. The van der Waals surface area contributed by atoms with Crippen molar-refractivity contribution in [1.82, 2.24) is 5.32 Å². The van der Waals surface area contributed by atoms with Crippen LogP contribution in [0.1, 0.15) is 43.9 Å². The van der Waals surface area contributed by atoms with E-state index in [4.69, 9.17) is 4.74 Å². The molecule has 2 unspecified atom stereocenters. The Morgan fingerprint density at radius 2 is 2.12 bits per heavy atom. The molecule has 2 nitrogen and oxygen atoms in total. The molecule has 1 aromatic carbocycles. The van der Waals surface area contributed by atoms with Gasteiger partial charge in [0.15, 0.2) is 0 Å². The van der Waals surface area contributed by atoms with Gasteiger partial charge in [0.25, 0.3) is 0 Å². The predicted octanol–water partition coefficient (Wildman–Crippen LogP) is 3.35. The van der Waals surface area contributed by atoms with Gasteiger partial charge in [0.2, 0.25) is 0 Å². The minimum atomic E-state index is -0.176. The molecule has 0 saturated heterocycles. The number of halogens is 1. The van der Waals surface area contributed by atoms with Crippen molar-refractivity contribution < 1.29 is 9.13 Å². The fourth-order valence-corrected chi connectivity index (χ4v) is 2.54. The smallest absolute Gasteiger partial charge is 0.127 e. The average molecular weight is 237 g/mol. The zero-order valence-electron chi connectivity index (χ0n) is 10.7. The molecule has 1 heterocycles. The number of hydrogen-bond donors (Lipinski definition) is 1. The first kappa shape index (κ1) is 12.4. The van der Waals surface area contributed by atoms with Crippen LogP contribution in [0.3, 0.4) is 0 Å². The number of aryl methyl sites for hydroxylation is 1. The number of hydrogen-bond acceptors (Lipinski definition) is 2. The lowest BCUT2D eigenvalue weighted by atomic mass is 9.99. The molecule has 1 aliphatic rings. The number of ether oxygens (including phenoxy) is 1. The van der Waals surface area contributed by atoms with Crippen molar-refractivity contribution in [3.63, 3.8) is 0 Å². The quantitative estimate of drug-likeness (QED) is 0.867. The summed E-state index contributed by atoms with van der Waals surface area (Å²) in [5.74, 6) is 0.695. The first-order chi connectivity index (χ1) is 8.17. The van der Waals surface area contributed by atoms with Crippen LogP contribution in [-0.2, 0) is 0 Å². The fraction of sp³-hybridized carbons (Fsp3) is 0.571. The van der Waals surface area contributed by atoms with E-state index >= 15 is 0 Å². The zero-order chi connectivity index (χ0) is 12.4. The van der Waals surface area contributed by atoms with Crippen LogP contribution in [0, 0.1) is 12.7 Å². The number of fused-ring (bicyclic) bond motifs is 1. The molecule has 0 bridgehead atoms. The molecule has 0 radical (unpaired) electrons. The van der Waals surface area contributed by atoms with Gasteiger partial charge in [-0.15, -0.1) is 0 Å². The predicted molar refractivity (Wildman–Crippen MR) is 66.9 cm³/mol. The molecule has 1 aromatic rings. The maximum absolute atomic E-state index is 13.5. The summed E-state index contributed by atoms with van der Waals surface area (Å²) in [6, 6.07) is 3.27. The van der Waals surface area contributed by atoms with Crippen LogP contribution in [0.5, 0.6) is 5.75 Å². The molecule has 1 aliphatic heterocycles. The third kappa shape index (κ3) is 2.29. The second-order valence-corrected chi connectivity index (χ2v) is 4.62. The molecular weight excluding hydrogens is 217 g/mol. The molecule has 3 heteroatoms. The van der Waals surface area contributed by atoms with Crippen molar-refractivity contribution >= 4 is 0 Å². The first-order valence-corrected chi connectivity index (χ1v) is 6.37. The lowest BCUT2D eigenvalue weighted by molar-refractivity contribution is 0.178. The molecule has 0 amide bonds. The molecular formula is C14H20FNO. The van der Waals surface area contributed by atoms with Crippen LogP contribution in [0.25, 0.3) is 0 Å². The van der Waals surface area contributed by atoms with Gasteiger partial charge in [0.1, 0.15) is 17.7 Å². The SMILES string of the molecule is CCCC1Oc2c(C)cc(F)cc2C1NCC. The Bertz CT molecular complexity index is 405. The Labute approximate surface area is 102 Å². The molecule has 17 heavy (non-hydrogen) atoms. The van der Waals surface area contributed by atoms with Crippen molar-refractivity contribution in [2.75, 3.05) is 6.54 Å². The van der Waals surface area contributed by atoms with E-state index < -0.39 is 0 Å². The van der Waals surface area contributed by atoms with Crippen LogP contribution in [0.15, 0.2) is 12.1 Å². The molecule has 1 N–H and O–H groups in total. The second kappa shape index (κ2) is 5.05. The van der Waals surface area contributed by atoms with Gasteiger partial charge in [0.05, 0.1) is 6.04 Å². The van der Waals surface area contributed by atoms with Gasteiger partial charge in [-0.25, -0.2) is 4.39 Å². The Hall–Kier alpha value is -1.09. The largest absolute Gasteiger partial charge is 0.488 e. The van der Waals surface area contributed by atoms with E-state index in [-0.39, 0.29) is 18.0 Å². The Balaban J connectivity index is 2.35. The topological polar surface area (TPSA) is 21.3 Å². The van der Waals surface area contributed by atoms with E-state index in [0.717, 1.165) is 36.3 Å². The minimum Gasteiger partial charge on any atom is -0.488 e. The van der Waals surface area contributed by atoms with Crippen LogP contribution < -0.4 is 10.1 Å². The summed E-state index contributed by atoms with van der Waals surface area (Å²) in [6.07, 6.45) is 2.20. The monoisotopic (exact) mass is 237 g/mol. The van der Waals surface area contributed by atoms with E-state index in [1.807, 2.05) is 6.92 Å². The van der Waals surface area contributed by atoms with Crippen LogP contribution in [0.4, 0.5) is 4.39 Å². The molecule has 2 atom stereocenters. The Kier molecular flexibility index (Phi) is 3.67. The molecule has 0 spiro atoms. The zero-order valence-corrected chi connectivity index (χ0v) is 10.7. The van der Waals surface area contributed by atoms with E-state index in [0.29, 0.717) is 0 Å². The van der Waals surface area contributed by atoms with Crippen molar-refractivity contribution in [1.29, 1.82) is 0 Å². The summed E-state index contributed by atoms with van der Waals surface area (Å²) >= 11 is 0. The summed E-state index contributed by atoms with van der Waals surface area (Å²) in [4.78, 5) is 0. The third-order valence-electron chi connectivity index (χ3n) is 3.24. The van der Waals surface area contributed by atoms with Crippen LogP contribution in [0.2, 0.25) is 0 Å². The lowest BCUT2D eigenvalue weighted by Crippen LogP contribution is -2.30. The maximum Gasteiger partial charge on any atom is 0.127 e. The van der Waals surface area contributed by atoms with E-state index in [1.165, 1.54) is 6.07 Å². The highest BCUT2D eigenvalue weighted by molar-refractivity contribution is 5.46. The van der Waals surface area contributed by atoms with Gasteiger partial charge < -0.3 is 10.1 Å². The van der Waals surface area contributed by atoms with Gasteiger partial charge in [-0.3, -0.25) is 0 Å². The Morgan fingerprint density at radius 3 is 2.76 bits per heavy atom. The third-order valence-corrected chi connectivity index (χ3v) is 3.24. The van der Waals surface area contributed by atoms with E-state index in [1.54, 1.807) is 6.07 Å². The highest BCUT2D eigenvalue weighted by Crippen LogP contribution is 2.41. The first-order valence-electron chi connectivity index (χ1n) is 6.37. The number of rotatable bonds is 4. The number of likely N-dealkylation sites (N-methyl/N-ethyl adjacent to an activating group) is 1. The normalized spacial score (nSPS) is 22.4. The second-order valence-electron chi connectivity index (χ2n) is 4.62. The molecule has 0 fully saturated rings. The molecule has 2 rings (SSSR count). The molecule has 94 valence electrons. The van der Waals surface area contributed by atoms with Crippen molar-refractivity contribution in [3.05, 3.63) is 29.1 Å². The minimum absolute atomic E-state index is 0.129. The van der Waals surface area contributed by atoms with Gasteiger partial charge in [-0.1, -0.05) is 20.3 Å².